The number of aryl methyl sites for hydroxylation is 1. The van der Waals surface area contributed by atoms with E-state index in [1.165, 1.54) is 11.1 Å². The van der Waals surface area contributed by atoms with Gasteiger partial charge in [-0.1, -0.05) is 42.8 Å². The lowest BCUT2D eigenvalue weighted by Crippen LogP contribution is -2.14. The molecule has 4 heteroatoms. The van der Waals surface area contributed by atoms with E-state index in [0.717, 1.165) is 22.9 Å². The lowest BCUT2D eigenvalue weighted by molar-refractivity contribution is -0.113. The van der Waals surface area contributed by atoms with Gasteiger partial charge in [0.1, 0.15) is 0 Å². The Bertz CT molecular complexity index is 581. The number of benzene rings is 2. The van der Waals surface area contributed by atoms with E-state index in [-0.39, 0.29) is 5.91 Å². The number of hydrogen-bond acceptors (Lipinski definition) is 2. The molecule has 0 spiro atoms. The van der Waals surface area contributed by atoms with Crippen molar-refractivity contribution in [1.82, 2.24) is 0 Å². The molecule has 2 nitrogen and oxygen atoms in total. The van der Waals surface area contributed by atoms with Crippen LogP contribution < -0.4 is 5.32 Å². The molecule has 0 aliphatic rings. The van der Waals surface area contributed by atoms with E-state index < -0.39 is 0 Å². The van der Waals surface area contributed by atoms with Gasteiger partial charge in [0.05, 0.1) is 5.75 Å². The molecule has 0 unspecified atom stereocenters. The molecule has 2 aromatic rings. The summed E-state index contributed by atoms with van der Waals surface area (Å²) < 4.78 is 0. The minimum atomic E-state index is 0.0261. The third-order valence-corrected chi connectivity index (χ3v) is 4.32. The summed E-state index contributed by atoms with van der Waals surface area (Å²) >= 11 is 7.43. The Hall–Kier alpha value is -1.45. The zero-order chi connectivity index (χ0) is 15.1. The van der Waals surface area contributed by atoms with Crippen molar-refractivity contribution in [2.24, 2.45) is 0 Å². The molecule has 0 bridgehead atoms. The second kappa shape index (κ2) is 8.11. The Labute approximate surface area is 134 Å². The molecular weight excluding hydrogens is 302 g/mol. The van der Waals surface area contributed by atoms with Crippen LogP contribution in [0.3, 0.4) is 0 Å². The lowest BCUT2D eigenvalue weighted by Gasteiger charge is -2.06. The minimum Gasteiger partial charge on any atom is -0.325 e. The van der Waals surface area contributed by atoms with Crippen LogP contribution in [0, 0.1) is 0 Å². The minimum absolute atomic E-state index is 0.0261. The number of carbonyl (C=O) groups is 1. The van der Waals surface area contributed by atoms with Crippen molar-refractivity contribution in [2.45, 2.75) is 19.1 Å². The highest BCUT2D eigenvalue weighted by molar-refractivity contribution is 7.99. The van der Waals surface area contributed by atoms with Crippen LogP contribution in [0.1, 0.15) is 18.1 Å². The predicted octanol–water partition coefficient (Wildman–Crippen LogP) is 4.77. The molecule has 2 rings (SSSR count). The highest BCUT2D eigenvalue weighted by atomic mass is 35.5. The van der Waals surface area contributed by atoms with E-state index in [0.29, 0.717) is 5.75 Å². The van der Waals surface area contributed by atoms with Gasteiger partial charge in [0.25, 0.3) is 0 Å². The third kappa shape index (κ3) is 5.44. The maximum absolute atomic E-state index is 11.9. The Morgan fingerprint density at radius 2 is 1.67 bits per heavy atom. The van der Waals surface area contributed by atoms with Gasteiger partial charge in [0.2, 0.25) is 5.91 Å². The van der Waals surface area contributed by atoms with Crippen LogP contribution in [0.4, 0.5) is 5.69 Å². The number of carbonyl (C=O) groups excluding carboxylic acids is 1. The topological polar surface area (TPSA) is 29.1 Å². The van der Waals surface area contributed by atoms with Crippen molar-refractivity contribution in [3.63, 3.8) is 0 Å². The average molecular weight is 320 g/mol. The van der Waals surface area contributed by atoms with Crippen LogP contribution >= 0.6 is 23.4 Å². The fourth-order valence-corrected chi connectivity index (χ4v) is 2.78. The second-order valence-electron chi connectivity index (χ2n) is 4.72. The molecule has 0 saturated carbocycles. The van der Waals surface area contributed by atoms with Gasteiger partial charge in [-0.2, -0.15) is 0 Å². The highest BCUT2D eigenvalue weighted by Crippen LogP contribution is 2.16. The van der Waals surface area contributed by atoms with Crippen molar-refractivity contribution < 1.29 is 4.79 Å². The molecule has 0 radical (unpaired) electrons. The normalized spacial score (nSPS) is 10.4. The first-order valence-corrected chi connectivity index (χ1v) is 8.41. The monoisotopic (exact) mass is 319 g/mol. The smallest absolute Gasteiger partial charge is 0.234 e. The number of amides is 1. The van der Waals surface area contributed by atoms with E-state index in [2.05, 4.69) is 12.2 Å². The van der Waals surface area contributed by atoms with Crippen LogP contribution in [-0.2, 0) is 17.0 Å². The zero-order valence-electron chi connectivity index (χ0n) is 11.9. The number of hydrogen-bond donors (Lipinski definition) is 1. The fraction of sp³-hybridized carbons (Fsp3) is 0.235. The summed E-state index contributed by atoms with van der Waals surface area (Å²) in [6.07, 6.45) is 1.01. The standard InChI is InChI=1S/C17H18ClNOS/c1-2-13-5-9-16(10-6-13)19-17(20)12-21-11-14-3-7-15(18)8-4-14/h3-10H,2,11-12H2,1H3,(H,19,20). The summed E-state index contributed by atoms with van der Waals surface area (Å²) in [6.45, 7) is 2.11. The first kappa shape index (κ1) is 15.9. The van der Waals surface area contributed by atoms with Crippen molar-refractivity contribution in [1.29, 1.82) is 0 Å². The van der Waals surface area contributed by atoms with Gasteiger partial charge in [-0.05, 0) is 41.8 Å². The Morgan fingerprint density at radius 1 is 1.05 bits per heavy atom. The van der Waals surface area contributed by atoms with Gasteiger partial charge >= 0.3 is 0 Å². The number of thioether (sulfide) groups is 1. The molecule has 110 valence electrons. The zero-order valence-corrected chi connectivity index (χ0v) is 13.5. The van der Waals surface area contributed by atoms with E-state index in [1.54, 1.807) is 11.8 Å². The van der Waals surface area contributed by atoms with E-state index in [9.17, 15) is 4.79 Å². The first-order valence-electron chi connectivity index (χ1n) is 6.88. The number of rotatable bonds is 6. The predicted molar refractivity (Wildman–Crippen MR) is 92.1 cm³/mol. The fourth-order valence-electron chi connectivity index (χ4n) is 1.86. The maximum Gasteiger partial charge on any atom is 0.234 e. The Morgan fingerprint density at radius 3 is 2.29 bits per heavy atom. The van der Waals surface area contributed by atoms with E-state index in [4.69, 9.17) is 11.6 Å². The van der Waals surface area contributed by atoms with Crippen LogP contribution in [0.25, 0.3) is 0 Å². The van der Waals surface area contributed by atoms with Crippen LogP contribution in [0.5, 0.6) is 0 Å². The number of anilines is 1. The molecule has 0 aromatic heterocycles. The molecule has 21 heavy (non-hydrogen) atoms. The molecular formula is C17H18ClNOS. The number of halogens is 1. The summed E-state index contributed by atoms with van der Waals surface area (Å²) in [7, 11) is 0. The molecule has 0 atom stereocenters. The first-order chi connectivity index (χ1) is 10.2. The van der Waals surface area contributed by atoms with Crippen molar-refractivity contribution in [2.75, 3.05) is 11.1 Å². The molecule has 0 fully saturated rings. The molecule has 0 aliphatic carbocycles. The summed E-state index contributed by atoms with van der Waals surface area (Å²) in [5.74, 6) is 1.27. The summed E-state index contributed by atoms with van der Waals surface area (Å²) in [5.41, 5.74) is 3.29. The van der Waals surface area contributed by atoms with E-state index >= 15 is 0 Å². The Balaban J connectivity index is 1.75. The van der Waals surface area contributed by atoms with E-state index in [1.807, 2.05) is 48.5 Å². The van der Waals surface area contributed by atoms with Crippen LogP contribution in [0.15, 0.2) is 48.5 Å². The molecule has 0 aliphatic heterocycles. The lowest BCUT2D eigenvalue weighted by atomic mass is 10.1. The third-order valence-electron chi connectivity index (χ3n) is 3.06. The van der Waals surface area contributed by atoms with Gasteiger partial charge in [-0.3, -0.25) is 4.79 Å². The van der Waals surface area contributed by atoms with Gasteiger partial charge in [-0.15, -0.1) is 11.8 Å². The Kier molecular flexibility index (Phi) is 6.15. The number of nitrogens with one attached hydrogen (secondary N) is 1. The summed E-state index contributed by atoms with van der Waals surface area (Å²) in [5, 5.41) is 3.64. The maximum atomic E-state index is 11.9. The highest BCUT2D eigenvalue weighted by Gasteiger charge is 2.03. The van der Waals surface area contributed by atoms with Gasteiger partial charge in [-0.25, -0.2) is 0 Å². The molecule has 0 heterocycles. The van der Waals surface area contributed by atoms with Crippen molar-refractivity contribution in [3.05, 3.63) is 64.7 Å². The largest absolute Gasteiger partial charge is 0.325 e. The summed E-state index contributed by atoms with van der Waals surface area (Å²) in [6, 6.07) is 15.7. The van der Waals surface area contributed by atoms with Crippen LogP contribution in [-0.4, -0.2) is 11.7 Å². The molecule has 0 saturated heterocycles. The second-order valence-corrected chi connectivity index (χ2v) is 6.14. The van der Waals surface area contributed by atoms with Crippen molar-refractivity contribution in [3.8, 4) is 0 Å². The molecule has 1 N–H and O–H groups in total. The van der Waals surface area contributed by atoms with Gasteiger partial charge < -0.3 is 5.32 Å². The SMILES string of the molecule is CCc1ccc(NC(=O)CSCc2ccc(Cl)cc2)cc1. The van der Waals surface area contributed by atoms with Gasteiger partial charge in [0.15, 0.2) is 0 Å². The molecule has 2 aromatic carbocycles. The van der Waals surface area contributed by atoms with Crippen molar-refractivity contribution >= 4 is 35.0 Å². The summed E-state index contributed by atoms with van der Waals surface area (Å²) in [4.78, 5) is 11.9. The average Bonchev–Trinajstić information content (AvgIpc) is 2.50. The van der Waals surface area contributed by atoms with Gasteiger partial charge in [0, 0.05) is 16.5 Å². The molecule has 1 amide bonds. The van der Waals surface area contributed by atoms with Crippen LogP contribution in [0.2, 0.25) is 5.02 Å². The quantitative estimate of drug-likeness (QED) is 0.830.